The molecule has 0 amide bonds. The van der Waals surface area contributed by atoms with Crippen LogP contribution in [0.5, 0.6) is 0 Å². The number of halogens is 3. The maximum absolute atomic E-state index is 11.8. The van der Waals surface area contributed by atoms with Crippen molar-refractivity contribution in [3.05, 3.63) is 11.4 Å². The number of sulfonamides is 1. The number of nitrogen functional groups attached to an aromatic ring is 1. The molecule has 98 valence electrons. The van der Waals surface area contributed by atoms with Crippen molar-refractivity contribution < 1.29 is 21.6 Å². The molecule has 0 radical (unpaired) electrons. The van der Waals surface area contributed by atoms with Gasteiger partial charge < -0.3 is 5.73 Å². The Morgan fingerprint density at radius 1 is 1.47 bits per heavy atom. The predicted molar refractivity (Wildman–Crippen MR) is 62.4 cm³/mol. The van der Waals surface area contributed by atoms with Gasteiger partial charge in [0.2, 0.25) is 10.0 Å². The number of hydrogen-bond donors (Lipinski definition) is 2. The van der Waals surface area contributed by atoms with E-state index in [1.165, 1.54) is 11.4 Å². The van der Waals surface area contributed by atoms with Gasteiger partial charge >= 0.3 is 5.51 Å². The minimum Gasteiger partial charge on any atom is -0.398 e. The Kier molecular flexibility index (Phi) is 4.69. The standard InChI is InChI=1S/C7H9F3N2O2S3/c8-7(9,10)16-2-1-12-17(13,14)6-3-5(11)4-15-6/h3-4,12H,1-2,11H2. The minimum atomic E-state index is -4.35. The van der Waals surface area contributed by atoms with Gasteiger partial charge in [0.1, 0.15) is 4.21 Å². The van der Waals surface area contributed by atoms with Gasteiger partial charge in [-0.15, -0.1) is 11.3 Å². The van der Waals surface area contributed by atoms with Gasteiger partial charge in [-0.05, 0) is 17.8 Å². The zero-order valence-electron chi connectivity index (χ0n) is 8.32. The first-order valence-corrected chi connectivity index (χ1v) is 7.60. The van der Waals surface area contributed by atoms with Gasteiger partial charge in [-0.1, -0.05) is 0 Å². The Hall–Kier alpha value is -0.450. The molecule has 0 saturated heterocycles. The zero-order valence-corrected chi connectivity index (χ0v) is 10.8. The predicted octanol–water partition coefficient (Wildman–Crippen LogP) is 1.86. The molecule has 0 bridgehead atoms. The molecule has 0 aliphatic carbocycles. The summed E-state index contributed by atoms with van der Waals surface area (Å²) in [6.45, 7) is -0.287. The third-order valence-corrected chi connectivity index (χ3v) is 5.17. The fourth-order valence-corrected chi connectivity index (χ4v) is 3.61. The highest BCUT2D eigenvalue weighted by Gasteiger charge is 2.27. The summed E-state index contributed by atoms with van der Waals surface area (Å²) in [5, 5.41) is 1.44. The van der Waals surface area contributed by atoms with Gasteiger partial charge in [-0.2, -0.15) is 13.2 Å². The molecule has 1 aromatic rings. The van der Waals surface area contributed by atoms with E-state index in [4.69, 9.17) is 5.73 Å². The smallest absolute Gasteiger partial charge is 0.398 e. The van der Waals surface area contributed by atoms with Gasteiger partial charge in [-0.25, -0.2) is 13.1 Å². The van der Waals surface area contributed by atoms with Crippen LogP contribution in [-0.4, -0.2) is 26.2 Å². The molecule has 17 heavy (non-hydrogen) atoms. The molecule has 1 rings (SSSR count). The first-order valence-electron chi connectivity index (χ1n) is 4.25. The maximum Gasteiger partial charge on any atom is 0.441 e. The van der Waals surface area contributed by atoms with E-state index in [0.717, 1.165) is 11.3 Å². The highest BCUT2D eigenvalue weighted by molar-refractivity contribution is 8.00. The molecule has 0 atom stereocenters. The van der Waals surface area contributed by atoms with Crippen molar-refractivity contribution in [3.8, 4) is 0 Å². The number of thiophene rings is 1. The Balaban J connectivity index is 2.46. The van der Waals surface area contributed by atoms with Gasteiger partial charge in [0.05, 0.1) is 0 Å². The van der Waals surface area contributed by atoms with E-state index in [9.17, 15) is 21.6 Å². The third-order valence-electron chi connectivity index (χ3n) is 1.52. The van der Waals surface area contributed by atoms with Crippen molar-refractivity contribution in [2.24, 2.45) is 0 Å². The van der Waals surface area contributed by atoms with Crippen molar-refractivity contribution in [2.45, 2.75) is 9.72 Å². The van der Waals surface area contributed by atoms with Crippen molar-refractivity contribution in [3.63, 3.8) is 0 Å². The second kappa shape index (κ2) is 5.46. The average molecular weight is 306 g/mol. The summed E-state index contributed by atoms with van der Waals surface area (Å²) in [6, 6.07) is 1.25. The van der Waals surface area contributed by atoms with Gasteiger partial charge in [0.15, 0.2) is 0 Å². The summed E-state index contributed by atoms with van der Waals surface area (Å²) in [6.07, 6.45) is 0. The summed E-state index contributed by atoms with van der Waals surface area (Å²) in [7, 11) is -3.75. The van der Waals surface area contributed by atoms with Crippen molar-refractivity contribution in [1.82, 2.24) is 4.72 Å². The molecule has 0 aliphatic heterocycles. The van der Waals surface area contributed by atoms with Crippen LogP contribution in [0.3, 0.4) is 0 Å². The lowest BCUT2D eigenvalue weighted by Crippen LogP contribution is -2.26. The largest absolute Gasteiger partial charge is 0.441 e. The molecule has 0 aliphatic rings. The Bertz CT molecular complexity index is 469. The summed E-state index contributed by atoms with van der Waals surface area (Å²) in [5.74, 6) is -0.371. The van der Waals surface area contributed by atoms with Crippen molar-refractivity contribution in [1.29, 1.82) is 0 Å². The normalized spacial score (nSPS) is 12.9. The van der Waals surface area contributed by atoms with E-state index in [-0.39, 0.29) is 28.3 Å². The minimum absolute atomic E-state index is 0.00740. The summed E-state index contributed by atoms with van der Waals surface area (Å²) in [5.41, 5.74) is 1.31. The number of rotatable bonds is 5. The highest BCUT2D eigenvalue weighted by atomic mass is 32.2. The molecule has 0 spiro atoms. The summed E-state index contributed by atoms with van der Waals surface area (Å²) < 4.78 is 60.4. The van der Waals surface area contributed by atoms with Gasteiger partial charge in [0, 0.05) is 23.4 Å². The molecule has 0 aromatic carbocycles. The quantitative estimate of drug-likeness (QED) is 0.815. The van der Waals surface area contributed by atoms with Crippen LogP contribution >= 0.6 is 23.1 Å². The van der Waals surface area contributed by atoms with Crippen LogP contribution in [0, 0.1) is 0 Å². The molecule has 1 heterocycles. The average Bonchev–Trinajstić information content (AvgIpc) is 2.59. The number of alkyl halides is 3. The van der Waals surface area contributed by atoms with E-state index in [1.54, 1.807) is 0 Å². The molecular weight excluding hydrogens is 297 g/mol. The Labute approximate surface area is 104 Å². The molecule has 10 heteroatoms. The number of hydrogen-bond acceptors (Lipinski definition) is 5. The summed E-state index contributed by atoms with van der Waals surface area (Å²) in [4.78, 5) is 0. The number of anilines is 1. The maximum atomic E-state index is 11.8. The molecule has 0 fully saturated rings. The second-order valence-electron chi connectivity index (χ2n) is 2.89. The molecular formula is C7H9F3N2O2S3. The molecule has 0 unspecified atom stereocenters. The van der Waals surface area contributed by atoms with E-state index < -0.39 is 15.5 Å². The number of thioether (sulfide) groups is 1. The van der Waals surface area contributed by atoms with Crippen molar-refractivity contribution >= 4 is 38.8 Å². The van der Waals surface area contributed by atoms with Crippen LogP contribution in [-0.2, 0) is 10.0 Å². The van der Waals surface area contributed by atoms with Gasteiger partial charge in [-0.3, -0.25) is 0 Å². The van der Waals surface area contributed by atoms with Crippen LogP contribution in [0.2, 0.25) is 0 Å². The fraction of sp³-hybridized carbons (Fsp3) is 0.429. The van der Waals surface area contributed by atoms with Crippen LogP contribution in [0.25, 0.3) is 0 Å². The van der Waals surface area contributed by atoms with E-state index in [1.807, 2.05) is 0 Å². The molecule has 4 nitrogen and oxygen atoms in total. The van der Waals surface area contributed by atoms with E-state index in [0.29, 0.717) is 5.69 Å². The van der Waals surface area contributed by atoms with E-state index >= 15 is 0 Å². The molecule has 3 N–H and O–H groups in total. The van der Waals surface area contributed by atoms with Crippen molar-refractivity contribution in [2.75, 3.05) is 18.0 Å². The summed E-state index contributed by atoms with van der Waals surface area (Å²) >= 11 is 0.642. The van der Waals surface area contributed by atoms with Crippen LogP contribution in [0.1, 0.15) is 0 Å². The number of nitrogens with one attached hydrogen (secondary N) is 1. The molecule has 0 saturated carbocycles. The lowest BCUT2D eigenvalue weighted by atomic mass is 10.6. The third kappa shape index (κ3) is 5.15. The highest BCUT2D eigenvalue weighted by Crippen LogP contribution is 2.29. The zero-order chi connectivity index (χ0) is 13.1. The SMILES string of the molecule is Nc1csc(S(=O)(=O)NCCSC(F)(F)F)c1. The number of nitrogens with two attached hydrogens (primary N) is 1. The first-order chi connectivity index (χ1) is 7.71. The monoisotopic (exact) mass is 306 g/mol. The fourth-order valence-electron chi connectivity index (χ4n) is 0.885. The van der Waals surface area contributed by atoms with Gasteiger partial charge in [0.25, 0.3) is 0 Å². The lowest BCUT2D eigenvalue weighted by Gasteiger charge is -2.06. The topological polar surface area (TPSA) is 72.2 Å². The van der Waals surface area contributed by atoms with Crippen LogP contribution < -0.4 is 10.5 Å². The van der Waals surface area contributed by atoms with Crippen LogP contribution in [0.4, 0.5) is 18.9 Å². The first kappa shape index (κ1) is 14.6. The Morgan fingerprint density at radius 3 is 2.59 bits per heavy atom. The lowest BCUT2D eigenvalue weighted by molar-refractivity contribution is -0.0327. The van der Waals surface area contributed by atoms with Crippen LogP contribution in [0.15, 0.2) is 15.7 Å². The van der Waals surface area contributed by atoms with E-state index in [2.05, 4.69) is 4.72 Å². The Morgan fingerprint density at radius 2 is 2.12 bits per heavy atom. The molecule has 1 aromatic heterocycles. The second-order valence-corrected chi connectivity index (χ2v) is 6.96.